The van der Waals surface area contributed by atoms with Crippen molar-refractivity contribution in [2.75, 3.05) is 20.1 Å². The summed E-state index contributed by atoms with van der Waals surface area (Å²) < 4.78 is 15.1. The zero-order valence-corrected chi connectivity index (χ0v) is 11.7. The van der Waals surface area contributed by atoms with E-state index in [1.165, 1.54) is 18.4 Å². The number of methoxy groups -OCH3 is 1. The molecule has 1 aromatic heterocycles. The molecular weight excluding hydrogens is 264 g/mol. The zero-order valence-electron chi connectivity index (χ0n) is 10.9. The molecular formula is C11H15B2NO4S. The Morgan fingerprint density at radius 3 is 2.95 bits per heavy atom. The Labute approximate surface area is 117 Å². The third-order valence-electron chi connectivity index (χ3n) is 2.47. The second-order valence-corrected chi connectivity index (χ2v) is 4.96. The van der Waals surface area contributed by atoms with E-state index in [1.54, 1.807) is 17.7 Å². The van der Waals surface area contributed by atoms with E-state index in [4.69, 9.17) is 0 Å². The SMILES string of the molecule is COC(=O)c1ccc(/C=C/CN(CB=O)B(C)O)s1. The number of carbonyl (C=O) groups is 1. The van der Waals surface area contributed by atoms with Crippen LogP contribution in [0, 0.1) is 0 Å². The van der Waals surface area contributed by atoms with E-state index in [1.807, 2.05) is 18.2 Å². The molecule has 0 unspecified atom stereocenters. The number of nitrogens with zero attached hydrogens (tertiary/aromatic N) is 1. The molecule has 0 radical (unpaired) electrons. The van der Waals surface area contributed by atoms with Gasteiger partial charge in [-0.25, -0.2) is 0 Å². The number of hydrogen-bond acceptors (Lipinski definition) is 6. The first-order chi connectivity index (χ1) is 9.08. The molecule has 0 aromatic carbocycles. The molecule has 1 heterocycles. The van der Waals surface area contributed by atoms with E-state index in [2.05, 4.69) is 4.74 Å². The van der Waals surface area contributed by atoms with Gasteiger partial charge in [0.25, 0.3) is 0 Å². The summed E-state index contributed by atoms with van der Waals surface area (Å²) in [5.41, 5.74) is 0. The number of esters is 1. The van der Waals surface area contributed by atoms with Gasteiger partial charge in [0.05, 0.1) is 0 Å². The predicted octanol–water partition coefficient (Wildman–Crippen LogP) is 0.967. The first-order valence-electron chi connectivity index (χ1n) is 5.79. The Hall–Kier alpha value is -1.24. The van der Waals surface area contributed by atoms with Crippen LogP contribution in [0.4, 0.5) is 0 Å². The van der Waals surface area contributed by atoms with E-state index >= 15 is 0 Å². The molecule has 19 heavy (non-hydrogen) atoms. The summed E-state index contributed by atoms with van der Waals surface area (Å²) in [4.78, 5) is 14.3. The van der Waals surface area contributed by atoms with Crippen molar-refractivity contribution in [2.45, 2.75) is 6.82 Å². The van der Waals surface area contributed by atoms with Crippen molar-refractivity contribution in [2.24, 2.45) is 0 Å². The number of thiophene rings is 1. The fourth-order valence-electron chi connectivity index (χ4n) is 1.43. The average molecular weight is 279 g/mol. The quantitative estimate of drug-likeness (QED) is 0.595. The van der Waals surface area contributed by atoms with Gasteiger partial charge in [-0.15, -0.1) is 0 Å². The van der Waals surface area contributed by atoms with Crippen LogP contribution in [0.5, 0.6) is 0 Å². The van der Waals surface area contributed by atoms with Crippen LogP contribution >= 0.6 is 11.3 Å². The molecule has 0 fully saturated rings. The summed E-state index contributed by atoms with van der Waals surface area (Å²) in [7, 11) is 1.42. The van der Waals surface area contributed by atoms with E-state index in [-0.39, 0.29) is 12.4 Å². The Kier molecular flexibility index (Phi) is 6.69. The van der Waals surface area contributed by atoms with E-state index in [9.17, 15) is 14.5 Å². The summed E-state index contributed by atoms with van der Waals surface area (Å²) in [6, 6.07) is 3.52. The van der Waals surface area contributed by atoms with Gasteiger partial charge in [-0.1, -0.05) is 0 Å². The standard InChI is InChI=1S/C11H15B2NO4S/c1-13(17)14(8-12-16)7-3-4-9-5-6-10(19-9)11(15)18-2/h3-6,17H,7-8H2,1-2H3/b4-3+. The second kappa shape index (κ2) is 8.04. The van der Waals surface area contributed by atoms with Gasteiger partial charge in [0.1, 0.15) is 0 Å². The molecule has 0 amide bonds. The van der Waals surface area contributed by atoms with Gasteiger partial charge in [0.2, 0.25) is 0 Å². The minimum atomic E-state index is -0.677. The maximum atomic E-state index is 11.3. The molecule has 5 nitrogen and oxygen atoms in total. The average Bonchev–Trinajstić information content (AvgIpc) is 2.85. The molecule has 0 aliphatic rings. The molecule has 0 saturated carbocycles. The summed E-state index contributed by atoms with van der Waals surface area (Å²) in [6.07, 6.45) is 3.86. The molecule has 1 rings (SSSR count). The second-order valence-electron chi connectivity index (χ2n) is 3.85. The van der Waals surface area contributed by atoms with Crippen LogP contribution in [0.25, 0.3) is 6.08 Å². The van der Waals surface area contributed by atoms with Gasteiger partial charge >= 0.3 is 117 Å². The molecule has 100 valence electrons. The predicted molar refractivity (Wildman–Crippen MR) is 76.5 cm³/mol. The van der Waals surface area contributed by atoms with Crippen molar-refractivity contribution < 1.29 is 19.3 Å². The first-order valence-corrected chi connectivity index (χ1v) is 6.60. The van der Waals surface area contributed by atoms with Crippen LogP contribution in [-0.4, -0.2) is 50.1 Å². The van der Waals surface area contributed by atoms with Crippen molar-refractivity contribution >= 4 is 37.6 Å². The molecule has 0 spiro atoms. The van der Waals surface area contributed by atoms with Crippen LogP contribution in [0.3, 0.4) is 0 Å². The van der Waals surface area contributed by atoms with Gasteiger partial charge < -0.3 is 0 Å². The minimum absolute atomic E-state index is 0.180. The molecule has 1 aromatic rings. The fraction of sp³-hybridized carbons (Fsp3) is 0.364. The normalized spacial score (nSPS) is 10.7. The van der Waals surface area contributed by atoms with Crippen LogP contribution in [-0.2, 0) is 9.44 Å². The van der Waals surface area contributed by atoms with Crippen LogP contribution < -0.4 is 0 Å². The first kappa shape index (κ1) is 15.8. The fourth-order valence-corrected chi connectivity index (χ4v) is 2.29. The monoisotopic (exact) mass is 279 g/mol. The van der Waals surface area contributed by atoms with Crippen molar-refractivity contribution in [1.82, 2.24) is 4.81 Å². The van der Waals surface area contributed by atoms with Crippen LogP contribution in [0.1, 0.15) is 14.5 Å². The maximum absolute atomic E-state index is 11.3. The molecule has 1 N–H and O–H groups in total. The van der Waals surface area contributed by atoms with Gasteiger partial charge in [-0.2, -0.15) is 0 Å². The van der Waals surface area contributed by atoms with Gasteiger partial charge in [-0.05, 0) is 0 Å². The molecule has 0 saturated heterocycles. The van der Waals surface area contributed by atoms with E-state index in [0.717, 1.165) is 12.0 Å². The summed E-state index contributed by atoms with van der Waals surface area (Å²) in [6.45, 7) is 2.07. The summed E-state index contributed by atoms with van der Waals surface area (Å²) in [5, 5.41) is 9.42. The van der Waals surface area contributed by atoms with Crippen molar-refractivity contribution in [1.29, 1.82) is 0 Å². The van der Waals surface area contributed by atoms with E-state index < -0.39 is 7.05 Å². The Morgan fingerprint density at radius 1 is 1.63 bits per heavy atom. The van der Waals surface area contributed by atoms with Gasteiger partial charge in [0.15, 0.2) is 0 Å². The molecule has 0 atom stereocenters. The van der Waals surface area contributed by atoms with Crippen molar-refractivity contribution in [3.05, 3.63) is 28.0 Å². The number of hydrogen-bond donors (Lipinski definition) is 1. The van der Waals surface area contributed by atoms with Gasteiger partial charge in [-0.3, -0.25) is 0 Å². The van der Waals surface area contributed by atoms with E-state index in [0.29, 0.717) is 11.4 Å². The molecule has 0 aliphatic carbocycles. The third-order valence-corrected chi connectivity index (χ3v) is 3.50. The Balaban J connectivity index is 2.58. The number of carbonyl (C=O) groups excluding carboxylic acids is 1. The zero-order chi connectivity index (χ0) is 14.3. The number of rotatable bonds is 7. The summed E-state index contributed by atoms with van der Waals surface area (Å²) in [5.74, 6) is -0.351. The Bertz CT molecular complexity index is 461. The topological polar surface area (TPSA) is 66.8 Å². The molecule has 8 heteroatoms. The third kappa shape index (κ3) is 5.10. The summed E-state index contributed by atoms with van der Waals surface area (Å²) >= 11 is 1.33. The van der Waals surface area contributed by atoms with Gasteiger partial charge in [0, 0.05) is 0 Å². The van der Waals surface area contributed by atoms with Crippen molar-refractivity contribution in [3.8, 4) is 0 Å². The number of ether oxygens (including phenoxy) is 1. The van der Waals surface area contributed by atoms with Crippen LogP contribution in [0.15, 0.2) is 18.2 Å². The van der Waals surface area contributed by atoms with Crippen LogP contribution in [0.2, 0.25) is 6.82 Å². The Morgan fingerprint density at radius 2 is 2.37 bits per heavy atom. The molecule has 0 bridgehead atoms. The molecule has 0 aliphatic heterocycles. The van der Waals surface area contributed by atoms with Crippen molar-refractivity contribution in [3.63, 3.8) is 0 Å².